The van der Waals surface area contributed by atoms with Gasteiger partial charge in [-0.15, -0.1) is 0 Å². The first-order chi connectivity index (χ1) is 11.1. The van der Waals surface area contributed by atoms with Crippen LogP contribution in [0.2, 0.25) is 0 Å². The van der Waals surface area contributed by atoms with E-state index in [1.807, 2.05) is 13.8 Å². The van der Waals surface area contributed by atoms with Gasteiger partial charge in [0, 0.05) is 6.04 Å². The van der Waals surface area contributed by atoms with Crippen molar-refractivity contribution in [1.29, 1.82) is 0 Å². The van der Waals surface area contributed by atoms with E-state index in [4.69, 9.17) is 10.8 Å². The van der Waals surface area contributed by atoms with Crippen LogP contribution < -0.4 is 11.1 Å². The third-order valence-electron chi connectivity index (χ3n) is 3.51. The number of benzene rings is 1. The minimum absolute atomic E-state index is 0.0530. The lowest BCUT2D eigenvalue weighted by molar-refractivity contribution is -0.144. The van der Waals surface area contributed by atoms with Crippen LogP contribution in [0.15, 0.2) is 18.2 Å². The smallest absolute Gasteiger partial charge is 0.326 e. The molecule has 0 aliphatic rings. The Morgan fingerprint density at radius 1 is 1.21 bits per heavy atom. The number of aliphatic hydroxyl groups is 1. The van der Waals surface area contributed by atoms with E-state index in [1.165, 1.54) is 18.2 Å². The van der Waals surface area contributed by atoms with Gasteiger partial charge in [0.25, 0.3) is 5.91 Å². The summed E-state index contributed by atoms with van der Waals surface area (Å²) in [6.07, 6.45) is -1.31. The molecule has 1 rings (SSSR count). The number of carbonyl (C=O) groups is 2. The topological polar surface area (TPSA) is 153 Å². The molecule has 1 amide bonds. The molecule has 0 aromatic heterocycles. The van der Waals surface area contributed by atoms with Gasteiger partial charge >= 0.3 is 5.97 Å². The monoisotopic (exact) mass is 340 g/mol. The summed E-state index contributed by atoms with van der Waals surface area (Å²) in [4.78, 5) is 23.1. The van der Waals surface area contributed by atoms with Gasteiger partial charge in [0.2, 0.25) is 0 Å². The van der Waals surface area contributed by atoms with Crippen LogP contribution in [0, 0.1) is 5.92 Å². The highest BCUT2D eigenvalue weighted by Gasteiger charge is 2.28. The summed E-state index contributed by atoms with van der Waals surface area (Å²) in [5, 5.41) is 40.1. The molecule has 0 radical (unpaired) electrons. The van der Waals surface area contributed by atoms with Gasteiger partial charge in [0.05, 0.1) is 0 Å². The number of phenols is 2. The van der Waals surface area contributed by atoms with Crippen molar-refractivity contribution < 1.29 is 30.0 Å². The molecule has 0 heterocycles. The molecule has 7 N–H and O–H groups in total. The van der Waals surface area contributed by atoms with Crippen molar-refractivity contribution in [1.82, 2.24) is 5.32 Å². The highest BCUT2D eigenvalue weighted by Crippen LogP contribution is 2.25. The third-order valence-corrected chi connectivity index (χ3v) is 3.51. The van der Waals surface area contributed by atoms with Crippen LogP contribution in [-0.2, 0) is 16.0 Å². The number of aliphatic hydroxyl groups excluding tert-OH is 1. The van der Waals surface area contributed by atoms with Gasteiger partial charge in [-0.1, -0.05) is 19.9 Å². The third kappa shape index (κ3) is 5.71. The molecule has 0 aliphatic carbocycles. The standard InChI is InChI=1S/C16H24N2O6/c1-8(2)5-11(16(23)24)18-15(22)14(21)10(17)6-9-3-4-12(19)13(20)7-9/h3-4,7-8,10-11,14,19-21H,5-6,17H2,1-2H3,(H,18,22)(H,23,24)/t10?,11-,14?/m0/s1. The first-order valence-corrected chi connectivity index (χ1v) is 7.59. The van der Waals surface area contributed by atoms with Gasteiger partial charge in [-0.2, -0.15) is 0 Å². The minimum atomic E-state index is -1.60. The van der Waals surface area contributed by atoms with Gasteiger partial charge in [0.15, 0.2) is 11.5 Å². The van der Waals surface area contributed by atoms with Crippen LogP contribution in [0.5, 0.6) is 11.5 Å². The number of amides is 1. The number of nitrogens with two attached hydrogens (primary N) is 1. The van der Waals surface area contributed by atoms with E-state index < -0.39 is 30.1 Å². The molecule has 2 unspecified atom stereocenters. The Bertz CT molecular complexity index is 590. The minimum Gasteiger partial charge on any atom is -0.504 e. The molecule has 134 valence electrons. The van der Waals surface area contributed by atoms with Gasteiger partial charge in [-0.25, -0.2) is 4.79 Å². The van der Waals surface area contributed by atoms with Crippen LogP contribution in [0.4, 0.5) is 0 Å². The van der Waals surface area contributed by atoms with Crippen molar-refractivity contribution in [3.8, 4) is 11.5 Å². The highest BCUT2D eigenvalue weighted by atomic mass is 16.4. The number of carboxylic acid groups (broad SMARTS) is 1. The second-order valence-electron chi connectivity index (χ2n) is 6.16. The largest absolute Gasteiger partial charge is 0.504 e. The number of phenolic OH excluding ortho intramolecular Hbond substituents is 2. The lowest BCUT2D eigenvalue weighted by Crippen LogP contribution is -2.52. The van der Waals surface area contributed by atoms with Crippen LogP contribution in [0.1, 0.15) is 25.8 Å². The van der Waals surface area contributed by atoms with E-state index in [1.54, 1.807) is 0 Å². The Morgan fingerprint density at radius 2 is 1.83 bits per heavy atom. The molecule has 0 saturated heterocycles. The molecule has 0 fully saturated rings. The fraction of sp³-hybridized carbons (Fsp3) is 0.500. The van der Waals surface area contributed by atoms with Crippen molar-refractivity contribution in [3.63, 3.8) is 0 Å². The maximum atomic E-state index is 12.0. The average Bonchev–Trinajstić information content (AvgIpc) is 2.48. The van der Waals surface area contributed by atoms with E-state index >= 15 is 0 Å². The molecule has 0 saturated carbocycles. The van der Waals surface area contributed by atoms with Crippen molar-refractivity contribution in [2.75, 3.05) is 0 Å². The molecule has 8 nitrogen and oxygen atoms in total. The first kappa shape index (κ1) is 19.7. The van der Waals surface area contributed by atoms with E-state index in [0.29, 0.717) is 5.56 Å². The predicted molar refractivity (Wildman–Crippen MR) is 86.5 cm³/mol. The van der Waals surface area contributed by atoms with Crippen molar-refractivity contribution in [3.05, 3.63) is 23.8 Å². The Hall–Kier alpha value is -2.32. The summed E-state index contributed by atoms with van der Waals surface area (Å²) in [7, 11) is 0. The summed E-state index contributed by atoms with van der Waals surface area (Å²) in [6, 6.07) is 1.95. The molecule has 1 aromatic rings. The molecule has 3 atom stereocenters. The van der Waals surface area contributed by atoms with Crippen LogP contribution >= 0.6 is 0 Å². The second-order valence-corrected chi connectivity index (χ2v) is 6.16. The van der Waals surface area contributed by atoms with Crippen LogP contribution in [0.25, 0.3) is 0 Å². The summed E-state index contributed by atoms with van der Waals surface area (Å²) in [5.41, 5.74) is 6.30. The number of carbonyl (C=O) groups excluding carboxylic acids is 1. The molecule has 0 aliphatic heterocycles. The summed E-state index contributed by atoms with van der Waals surface area (Å²) < 4.78 is 0. The van der Waals surface area contributed by atoms with Gasteiger partial charge < -0.3 is 31.5 Å². The van der Waals surface area contributed by atoms with E-state index in [2.05, 4.69) is 5.32 Å². The van der Waals surface area contributed by atoms with Crippen molar-refractivity contribution in [2.24, 2.45) is 11.7 Å². The summed E-state index contributed by atoms with van der Waals surface area (Å²) >= 11 is 0. The van der Waals surface area contributed by atoms with E-state index in [-0.39, 0.29) is 30.3 Å². The molecular formula is C16H24N2O6. The maximum absolute atomic E-state index is 12.0. The van der Waals surface area contributed by atoms with Crippen molar-refractivity contribution in [2.45, 2.75) is 44.9 Å². The second kappa shape index (κ2) is 8.51. The zero-order valence-electron chi connectivity index (χ0n) is 13.6. The lowest BCUT2D eigenvalue weighted by Gasteiger charge is -2.22. The molecule has 0 spiro atoms. The van der Waals surface area contributed by atoms with Gasteiger partial charge in [-0.3, -0.25) is 4.79 Å². The normalized spacial score (nSPS) is 14.9. The molecular weight excluding hydrogens is 316 g/mol. The predicted octanol–water partition coefficient (Wildman–Crippen LogP) is -0.0560. The zero-order chi connectivity index (χ0) is 18.4. The van der Waals surface area contributed by atoms with Gasteiger partial charge in [-0.05, 0) is 36.5 Å². The number of carboxylic acids is 1. The van der Waals surface area contributed by atoms with E-state index in [9.17, 15) is 24.9 Å². The Labute approximate surface area is 139 Å². The Morgan fingerprint density at radius 3 is 2.33 bits per heavy atom. The summed E-state index contributed by atoms with van der Waals surface area (Å²) in [6.45, 7) is 3.64. The van der Waals surface area contributed by atoms with Gasteiger partial charge in [0.1, 0.15) is 12.1 Å². The van der Waals surface area contributed by atoms with Crippen LogP contribution in [0.3, 0.4) is 0 Å². The van der Waals surface area contributed by atoms with E-state index in [0.717, 1.165) is 0 Å². The molecule has 1 aromatic carbocycles. The number of hydrogen-bond donors (Lipinski definition) is 6. The molecule has 0 bridgehead atoms. The highest BCUT2D eigenvalue weighted by molar-refractivity contribution is 5.86. The quantitative estimate of drug-likeness (QED) is 0.362. The summed E-state index contributed by atoms with van der Waals surface area (Å²) in [5.74, 6) is -2.61. The SMILES string of the molecule is CC(C)C[C@H](NC(=O)C(O)C(N)Cc1ccc(O)c(O)c1)C(=O)O. The first-order valence-electron chi connectivity index (χ1n) is 7.59. The molecule has 24 heavy (non-hydrogen) atoms. The molecule has 8 heteroatoms. The number of nitrogens with one attached hydrogen (secondary N) is 1. The number of aromatic hydroxyl groups is 2. The maximum Gasteiger partial charge on any atom is 0.326 e. The lowest BCUT2D eigenvalue weighted by atomic mass is 10.00. The number of rotatable bonds is 8. The Kier molecular flexibility index (Phi) is 6.99. The average molecular weight is 340 g/mol. The van der Waals surface area contributed by atoms with Crippen molar-refractivity contribution >= 4 is 11.9 Å². The zero-order valence-corrected chi connectivity index (χ0v) is 13.6. The number of hydrogen-bond acceptors (Lipinski definition) is 6. The Balaban J connectivity index is 2.69. The fourth-order valence-electron chi connectivity index (χ4n) is 2.22. The number of aliphatic carboxylic acids is 1. The van der Waals surface area contributed by atoms with Crippen LogP contribution in [-0.4, -0.2) is 50.5 Å². The fourth-order valence-corrected chi connectivity index (χ4v) is 2.22.